The Morgan fingerprint density at radius 1 is 0.500 bits per heavy atom. The lowest BCUT2D eigenvalue weighted by Gasteiger charge is -2.00. The Balaban J connectivity index is 1.36. The molecule has 0 bridgehead atoms. The van der Waals surface area contributed by atoms with E-state index in [1.807, 2.05) is 24.3 Å². The van der Waals surface area contributed by atoms with E-state index in [9.17, 15) is 20.4 Å². The molecule has 6 rings (SSSR count). The molecule has 0 amide bonds. The van der Waals surface area contributed by atoms with Gasteiger partial charge in [-0.15, -0.1) is 0 Å². The van der Waals surface area contributed by atoms with Crippen molar-refractivity contribution < 1.29 is 20.4 Å². The van der Waals surface area contributed by atoms with Gasteiger partial charge < -0.3 is 20.4 Å². The summed E-state index contributed by atoms with van der Waals surface area (Å²) in [6.07, 6.45) is 3.15. The zero-order chi connectivity index (χ0) is 30.5. The Morgan fingerprint density at radius 3 is 1.25 bits per heavy atom. The van der Waals surface area contributed by atoms with Gasteiger partial charge in [0.1, 0.15) is 43.1 Å². The topological polar surface area (TPSA) is 131 Å². The minimum absolute atomic E-state index is 0.106. The SMILES string of the molecule is Oc1ccccc1/C=N/c1sc(-c2ccccc2O)nc1SSc1nc(-c2ccccc2O)sc1/N=C/c1ccccc1O. The second-order valence-corrected chi connectivity index (χ2v) is 13.2. The number of phenols is 4. The van der Waals surface area contributed by atoms with Crippen LogP contribution in [0.5, 0.6) is 23.0 Å². The largest absolute Gasteiger partial charge is 0.507 e. The molecule has 0 atom stereocenters. The normalized spacial score (nSPS) is 11.5. The molecular weight excluding hydrogens is 633 g/mol. The van der Waals surface area contributed by atoms with Crippen molar-refractivity contribution in [2.24, 2.45) is 9.98 Å². The molecule has 0 spiro atoms. The molecule has 0 fully saturated rings. The van der Waals surface area contributed by atoms with Crippen LogP contribution in [0.15, 0.2) is 117 Å². The Morgan fingerprint density at radius 2 is 0.864 bits per heavy atom. The van der Waals surface area contributed by atoms with Crippen LogP contribution < -0.4 is 0 Å². The maximum absolute atomic E-state index is 10.5. The van der Waals surface area contributed by atoms with Crippen molar-refractivity contribution in [1.82, 2.24) is 9.97 Å². The number of benzene rings is 4. The zero-order valence-corrected chi connectivity index (χ0v) is 25.9. The maximum Gasteiger partial charge on any atom is 0.151 e. The molecule has 2 aromatic heterocycles. The lowest BCUT2D eigenvalue weighted by molar-refractivity contribution is 0.474. The van der Waals surface area contributed by atoms with Crippen LogP contribution in [0.2, 0.25) is 0 Å². The molecule has 44 heavy (non-hydrogen) atoms. The van der Waals surface area contributed by atoms with Gasteiger partial charge in [0, 0.05) is 23.6 Å². The summed E-state index contributed by atoms with van der Waals surface area (Å²) in [4.78, 5) is 18.9. The molecule has 0 aliphatic heterocycles. The molecular formula is C32H22N4O4S4. The van der Waals surface area contributed by atoms with Crippen LogP contribution in [0.1, 0.15) is 11.1 Å². The number of aromatic nitrogens is 2. The Labute approximate surface area is 268 Å². The summed E-state index contributed by atoms with van der Waals surface area (Å²) >= 11 is 2.62. The molecule has 0 unspecified atom stereocenters. The average Bonchev–Trinajstić information content (AvgIpc) is 3.63. The summed E-state index contributed by atoms with van der Waals surface area (Å²) in [7, 11) is 2.66. The number of aromatic hydroxyl groups is 4. The van der Waals surface area contributed by atoms with E-state index in [1.165, 1.54) is 44.3 Å². The number of para-hydroxylation sites is 4. The molecule has 0 aliphatic carbocycles. The van der Waals surface area contributed by atoms with Crippen molar-refractivity contribution in [2.75, 3.05) is 0 Å². The predicted octanol–water partition coefficient (Wildman–Crippen LogP) is 9.06. The number of hydrogen-bond donors (Lipinski definition) is 4. The molecule has 2 heterocycles. The van der Waals surface area contributed by atoms with Crippen molar-refractivity contribution in [3.05, 3.63) is 108 Å². The number of rotatable bonds is 9. The van der Waals surface area contributed by atoms with Gasteiger partial charge in [0.25, 0.3) is 0 Å². The smallest absolute Gasteiger partial charge is 0.151 e. The Hall–Kier alpha value is -4.62. The van der Waals surface area contributed by atoms with Crippen molar-refractivity contribution in [3.8, 4) is 44.1 Å². The summed E-state index contributed by atoms with van der Waals surface area (Å²) in [5.74, 6) is 0.427. The molecule has 12 heteroatoms. The maximum atomic E-state index is 10.5. The van der Waals surface area contributed by atoms with Crippen molar-refractivity contribution in [2.45, 2.75) is 10.1 Å². The van der Waals surface area contributed by atoms with E-state index in [1.54, 1.807) is 85.2 Å². The van der Waals surface area contributed by atoms with Crippen LogP contribution in [-0.2, 0) is 0 Å². The van der Waals surface area contributed by atoms with E-state index in [0.717, 1.165) is 0 Å². The second kappa shape index (κ2) is 13.3. The molecule has 0 saturated carbocycles. The average molecular weight is 655 g/mol. The van der Waals surface area contributed by atoms with Crippen LogP contribution in [-0.4, -0.2) is 42.8 Å². The van der Waals surface area contributed by atoms with Gasteiger partial charge in [0.05, 0.1) is 11.1 Å². The van der Waals surface area contributed by atoms with Gasteiger partial charge in [0.15, 0.2) is 10.0 Å². The second-order valence-electron chi connectivity index (χ2n) is 9.09. The molecule has 4 aromatic carbocycles. The molecule has 218 valence electrons. The summed E-state index contributed by atoms with van der Waals surface area (Å²) < 4.78 is 0. The van der Waals surface area contributed by atoms with E-state index in [2.05, 4.69) is 9.98 Å². The number of phenolic OH excluding ortho intramolecular Hbond substituents is 4. The summed E-state index contributed by atoms with van der Waals surface area (Å²) in [6, 6.07) is 27.7. The summed E-state index contributed by atoms with van der Waals surface area (Å²) in [6.45, 7) is 0. The highest BCUT2D eigenvalue weighted by Crippen LogP contribution is 2.51. The summed E-state index contributed by atoms with van der Waals surface area (Å²) in [5, 5.41) is 44.9. The standard InChI is InChI=1S/C32H22N4O4S4/c37-23-13-5-1-9-19(23)17-33-29-31(35-27(41-29)21-11-3-7-15-25(21)39)43-44-32-30(34-18-20-10-2-6-14-24(20)38)42-28(36-32)22-12-4-8-16-26(22)40/h1-18,37-40H/b33-17+,34-18+. The lowest BCUT2D eigenvalue weighted by Crippen LogP contribution is -1.81. The first-order chi connectivity index (χ1) is 21.5. The molecule has 4 N–H and O–H groups in total. The van der Waals surface area contributed by atoms with Gasteiger partial charge in [-0.25, -0.2) is 20.0 Å². The fraction of sp³-hybridized carbons (Fsp3) is 0. The lowest BCUT2D eigenvalue weighted by atomic mass is 10.2. The monoisotopic (exact) mass is 654 g/mol. The molecule has 6 aromatic rings. The number of thiazole rings is 2. The third-order valence-corrected chi connectivity index (χ3v) is 10.6. The first kappa shape index (κ1) is 29.5. The van der Waals surface area contributed by atoms with Gasteiger partial charge in [-0.3, -0.25) is 0 Å². The van der Waals surface area contributed by atoms with E-state index in [4.69, 9.17) is 9.97 Å². The number of aliphatic imine (C=N–C) groups is 2. The third kappa shape index (κ3) is 6.63. The fourth-order valence-electron chi connectivity index (χ4n) is 3.94. The molecule has 0 saturated heterocycles. The van der Waals surface area contributed by atoms with E-state index in [0.29, 0.717) is 52.3 Å². The highest BCUT2D eigenvalue weighted by Gasteiger charge is 2.20. The highest BCUT2D eigenvalue weighted by molar-refractivity contribution is 8.76. The van der Waals surface area contributed by atoms with Gasteiger partial charge in [-0.1, -0.05) is 71.2 Å². The van der Waals surface area contributed by atoms with E-state index < -0.39 is 0 Å². The van der Waals surface area contributed by atoms with E-state index in [-0.39, 0.29) is 23.0 Å². The fourth-order valence-corrected chi connectivity index (χ4v) is 8.38. The Kier molecular flexibility index (Phi) is 8.94. The number of hydrogen-bond acceptors (Lipinski definition) is 12. The van der Waals surface area contributed by atoms with Gasteiger partial charge in [-0.05, 0) is 70.1 Å². The highest BCUT2D eigenvalue weighted by atomic mass is 33.1. The van der Waals surface area contributed by atoms with Crippen LogP contribution in [0.3, 0.4) is 0 Å². The van der Waals surface area contributed by atoms with Crippen molar-refractivity contribution >= 4 is 66.7 Å². The van der Waals surface area contributed by atoms with Crippen molar-refractivity contribution in [3.63, 3.8) is 0 Å². The van der Waals surface area contributed by atoms with Crippen LogP contribution >= 0.6 is 44.3 Å². The van der Waals surface area contributed by atoms with Gasteiger partial charge in [-0.2, -0.15) is 0 Å². The minimum atomic E-state index is 0.106. The van der Waals surface area contributed by atoms with Crippen LogP contribution in [0.4, 0.5) is 10.0 Å². The molecule has 8 nitrogen and oxygen atoms in total. The molecule has 0 aliphatic rings. The summed E-state index contributed by atoms with van der Waals surface area (Å²) in [5.41, 5.74) is 2.27. The van der Waals surface area contributed by atoms with Crippen LogP contribution in [0, 0.1) is 0 Å². The van der Waals surface area contributed by atoms with E-state index >= 15 is 0 Å². The predicted molar refractivity (Wildman–Crippen MR) is 181 cm³/mol. The van der Waals surface area contributed by atoms with Crippen LogP contribution in [0.25, 0.3) is 21.1 Å². The first-order valence-corrected chi connectivity index (χ1v) is 16.8. The van der Waals surface area contributed by atoms with Gasteiger partial charge in [0.2, 0.25) is 0 Å². The minimum Gasteiger partial charge on any atom is -0.507 e. The quantitative estimate of drug-likeness (QED) is 0.0897. The molecule has 0 radical (unpaired) electrons. The number of nitrogens with zero attached hydrogens (tertiary/aromatic N) is 4. The third-order valence-electron chi connectivity index (χ3n) is 6.14. The zero-order valence-electron chi connectivity index (χ0n) is 22.6. The van der Waals surface area contributed by atoms with Gasteiger partial charge >= 0.3 is 0 Å². The first-order valence-electron chi connectivity index (χ1n) is 13.0. The van der Waals surface area contributed by atoms with Crippen molar-refractivity contribution in [1.29, 1.82) is 0 Å². The Bertz CT molecular complexity index is 1860.